The molecule has 0 saturated carbocycles. The minimum Gasteiger partial charge on any atom is -0.351 e. The Morgan fingerprint density at radius 3 is 2.68 bits per heavy atom. The van der Waals surface area contributed by atoms with Crippen molar-refractivity contribution in [2.75, 3.05) is 46.3 Å². The molecule has 0 radical (unpaired) electrons. The molecule has 3 aliphatic heterocycles. The van der Waals surface area contributed by atoms with Crippen LogP contribution in [0, 0.1) is 0 Å². The van der Waals surface area contributed by atoms with E-state index in [1.165, 1.54) is 22.3 Å². The lowest BCUT2D eigenvalue weighted by Gasteiger charge is -2.34. The molecule has 3 aliphatic rings. The number of carbonyl (C=O) groups is 3. The molecule has 3 atom stereocenters. The molecule has 210 valence electrons. The number of sulfonamides is 1. The first kappa shape index (κ1) is 28.8. The number of nitrogens with one attached hydrogen (secondary N) is 1. The maximum Gasteiger partial charge on any atom is 0.314 e. The van der Waals surface area contributed by atoms with Gasteiger partial charge in [-0.15, -0.1) is 11.3 Å². The van der Waals surface area contributed by atoms with E-state index in [0.29, 0.717) is 41.7 Å². The molecular weight excluding hydrogens is 552 g/mol. The van der Waals surface area contributed by atoms with Gasteiger partial charge in [0.05, 0.1) is 10.9 Å². The van der Waals surface area contributed by atoms with Gasteiger partial charge < -0.3 is 20.4 Å². The van der Waals surface area contributed by atoms with Gasteiger partial charge in [-0.05, 0) is 50.3 Å². The van der Waals surface area contributed by atoms with Crippen LogP contribution in [0.4, 0.5) is 4.79 Å². The smallest absolute Gasteiger partial charge is 0.314 e. The van der Waals surface area contributed by atoms with E-state index in [9.17, 15) is 22.8 Å². The minimum atomic E-state index is -3.86. The topological polar surface area (TPSA) is 136 Å². The van der Waals surface area contributed by atoms with E-state index < -0.39 is 22.1 Å². The summed E-state index contributed by atoms with van der Waals surface area (Å²) in [7, 11) is -2.15. The summed E-state index contributed by atoms with van der Waals surface area (Å²) < 4.78 is 28.2. The lowest BCUT2D eigenvalue weighted by molar-refractivity contribution is -0.143. The number of primary amides is 1. The number of likely N-dealkylation sites (N-methyl/N-ethyl adjacent to an activating group) is 1. The molecule has 14 heteroatoms. The first-order valence-electron chi connectivity index (χ1n) is 12.8. The van der Waals surface area contributed by atoms with Crippen molar-refractivity contribution < 1.29 is 22.8 Å². The van der Waals surface area contributed by atoms with Crippen LogP contribution in [0.2, 0.25) is 4.34 Å². The zero-order valence-electron chi connectivity index (χ0n) is 21.4. The molecule has 4 heterocycles. The predicted molar refractivity (Wildman–Crippen MR) is 147 cm³/mol. The number of carbonyl (C=O) groups excluding carboxylic acids is 3. The number of halogens is 1. The number of likely N-dealkylation sites (tertiary alicyclic amines) is 3. The van der Waals surface area contributed by atoms with E-state index in [1.807, 2.05) is 4.90 Å². The van der Waals surface area contributed by atoms with Gasteiger partial charge in [-0.1, -0.05) is 11.6 Å². The Balaban J connectivity index is 1.30. The van der Waals surface area contributed by atoms with E-state index in [4.69, 9.17) is 17.3 Å². The normalized spacial score (nSPS) is 25.0. The number of hydrogen-bond donors (Lipinski definition) is 2. The minimum absolute atomic E-state index is 0.0465. The Morgan fingerprint density at radius 2 is 1.97 bits per heavy atom. The van der Waals surface area contributed by atoms with Gasteiger partial charge in [0.2, 0.25) is 21.8 Å². The number of hydrogen-bond acceptors (Lipinski definition) is 7. The Labute approximate surface area is 232 Å². The van der Waals surface area contributed by atoms with Crippen molar-refractivity contribution in [3.63, 3.8) is 0 Å². The van der Waals surface area contributed by atoms with Crippen molar-refractivity contribution in [1.29, 1.82) is 0 Å². The fourth-order valence-electron chi connectivity index (χ4n) is 5.40. The van der Waals surface area contributed by atoms with Crippen molar-refractivity contribution >= 4 is 56.9 Å². The van der Waals surface area contributed by atoms with Gasteiger partial charge in [-0.3, -0.25) is 14.5 Å². The van der Waals surface area contributed by atoms with Crippen LogP contribution in [0.1, 0.15) is 37.0 Å². The number of amides is 4. The molecule has 0 aliphatic carbocycles. The Morgan fingerprint density at radius 1 is 1.21 bits per heavy atom. The zero-order chi connectivity index (χ0) is 27.4. The van der Waals surface area contributed by atoms with Gasteiger partial charge in [0.25, 0.3) is 0 Å². The number of rotatable bonds is 9. The largest absolute Gasteiger partial charge is 0.351 e. The molecular formula is C24H35ClN6O5S2. The highest BCUT2D eigenvalue weighted by Crippen LogP contribution is 2.24. The SMILES string of the molecule is CN(C(N)=O)C1CCN(C[C@@H]2CCCN2C(=O)CN2CCC[C@H](NS(=O)(=O)C=Cc3ccc(Cl)s3)C2=O)C1. The number of piperidine rings is 1. The maximum absolute atomic E-state index is 13.2. The second kappa shape index (κ2) is 12.3. The molecule has 1 aromatic heterocycles. The average Bonchev–Trinajstić information content (AvgIpc) is 3.61. The molecule has 0 bridgehead atoms. The number of thiophene rings is 1. The molecule has 4 amide bonds. The fourth-order valence-corrected chi connectivity index (χ4v) is 7.47. The fraction of sp³-hybridized carbons (Fsp3) is 0.625. The van der Waals surface area contributed by atoms with Crippen LogP contribution in [0.3, 0.4) is 0 Å². The highest BCUT2D eigenvalue weighted by Gasteiger charge is 2.37. The van der Waals surface area contributed by atoms with Crippen LogP contribution in [0.25, 0.3) is 6.08 Å². The third kappa shape index (κ3) is 7.26. The van der Waals surface area contributed by atoms with Crippen molar-refractivity contribution in [2.24, 2.45) is 5.73 Å². The molecule has 4 rings (SSSR count). The van der Waals surface area contributed by atoms with E-state index in [0.717, 1.165) is 37.8 Å². The van der Waals surface area contributed by atoms with Gasteiger partial charge >= 0.3 is 6.03 Å². The van der Waals surface area contributed by atoms with Crippen LogP contribution in [0.15, 0.2) is 17.5 Å². The van der Waals surface area contributed by atoms with Crippen LogP contribution < -0.4 is 10.5 Å². The first-order valence-corrected chi connectivity index (χ1v) is 15.5. The second-order valence-corrected chi connectivity index (χ2v) is 13.4. The average molecular weight is 587 g/mol. The highest BCUT2D eigenvalue weighted by atomic mass is 35.5. The van der Waals surface area contributed by atoms with E-state index in [1.54, 1.807) is 24.1 Å². The summed E-state index contributed by atoms with van der Waals surface area (Å²) >= 11 is 7.14. The standard InChI is InChI=1S/C24H35ClN6O5S2/c1-28(24(26)34)17-8-12-29(14-17)15-18-4-2-11-31(18)22(32)16-30-10-3-5-20(23(30)33)27-38(35,36)13-9-19-6-7-21(25)37-19/h6-7,9,13,17-18,20,27H,2-5,8,10-12,14-16H2,1H3,(H2,26,34)/t17?,18-,20-/m0/s1. The zero-order valence-corrected chi connectivity index (χ0v) is 23.8. The predicted octanol–water partition coefficient (Wildman–Crippen LogP) is 1.36. The van der Waals surface area contributed by atoms with Crippen molar-refractivity contribution in [3.8, 4) is 0 Å². The van der Waals surface area contributed by atoms with Crippen molar-refractivity contribution in [2.45, 2.75) is 50.2 Å². The number of nitrogens with two attached hydrogens (primary N) is 1. The first-order chi connectivity index (χ1) is 18.0. The lowest BCUT2D eigenvalue weighted by atomic mass is 10.1. The molecule has 0 aromatic carbocycles. The molecule has 11 nitrogen and oxygen atoms in total. The summed E-state index contributed by atoms with van der Waals surface area (Å²) in [5.74, 6) is -0.503. The maximum atomic E-state index is 13.2. The Kier molecular flexibility index (Phi) is 9.35. The van der Waals surface area contributed by atoms with Crippen LogP contribution in [0.5, 0.6) is 0 Å². The highest BCUT2D eigenvalue weighted by molar-refractivity contribution is 7.92. The van der Waals surface area contributed by atoms with Gasteiger partial charge in [0, 0.05) is 62.1 Å². The van der Waals surface area contributed by atoms with Crippen LogP contribution in [-0.2, 0) is 19.6 Å². The monoisotopic (exact) mass is 586 g/mol. The molecule has 1 unspecified atom stereocenters. The van der Waals surface area contributed by atoms with Crippen LogP contribution in [-0.4, -0.2) is 110 Å². The second-order valence-electron chi connectivity index (χ2n) is 10.1. The van der Waals surface area contributed by atoms with Gasteiger partial charge in [-0.2, -0.15) is 4.72 Å². The molecule has 38 heavy (non-hydrogen) atoms. The van der Waals surface area contributed by atoms with E-state index >= 15 is 0 Å². The summed E-state index contributed by atoms with van der Waals surface area (Å²) in [6, 6.07) is 2.17. The lowest BCUT2D eigenvalue weighted by Crippen LogP contribution is -2.55. The molecule has 3 N–H and O–H groups in total. The summed E-state index contributed by atoms with van der Waals surface area (Å²) in [6.07, 6.45) is 5.04. The van der Waals surface area contributed by atoms with Crippen molar-refractivity contribution in [3.05, 3.63) is 26.8 Å². The van der Waals surface area contributed by atoms with Gasteiger partial charge in [0.1, 0.15) is 6.04 Å². The molecule has 0 spiro atoms. The Hall–Kier alpha value is -2.19. The molecule has 1 aromatic rings. The molecule has 3 saturated heterocycles. The summed E-state index contributed by atoms with van der Waals surface area (Å²) in [5, 5.41) is 1.03. The van der Waals surface area contributed by atoms with Crippen LogP contribution >= 0.6 is 22.9 Å². The number of urea groups is 1. The third-order valence-electron chi connectivity index (χ3n) is 7.48. The Bertz CT molecular complexity index is 1170. The summed E-state index contributed by atoms with van der Waals surface area (Å²) in [4.78, 5) is 45.6. The third-order valence-corrected chi connectivity index (χ3v) is 9.78. The van der Waals surface area contributed by atoms with Gasteiger partial charge in [0.15, 0.2) is 0 Å². The summed E-state index contributed by atoms with van der Waals surface area (Å²) in [6.45, 7) is 3.26. The van der Waals surface area contributed by atoms with E-state index in [2.05, 4.69) is 9.62 Å². The van der Waals surface area contributed by atoms with Crippen molar-refractivity contribution in [1.82, 2.24) is 24.3 Å². The van der Waals surface area contributed by atoms with Gasteiger partial charge in [-0.25, -0.2) is 13.2 Å². The molecule has 3 fully saturated rings. The quantitative estimate of drug-likeness (QED) is 0.448. The van der Waals surface area contributed by atoms with E-state index in [-0.39, 0.29) is 30.4 Å². The number of nitrogens with zero attached hydrogens (tertiary/aromatic N) is 4. The summed E-state index contributed by atoms with van der Waals surface area (Å²) in [5.41, 5.74) is 5.41.